The van der Waals surface area contributed by atoms with Gasteiger partial charge in [-0.3, -0.25) is 0 Å². The molecule has 24 heavy (non-hydrogen) atoms. The number of phenols is 1. The summed E-state index contributed by atoms with van der Waals surface area (Å²) in [5, 5.41) is 9.20. The first-order chi connectivity index (χ1) is 11.5. The maximum Gasteiger partial charge on any atom is 0.516 e. The van der Waals surface area contributed by atoms with Crippen LogP contribution in [-0.4, -0.2) is 23.3 Å². The predicted octanol–water partition coefficient (Wildman–Crippen LogP) is 2.90. The largest absolute Gasteiger partial charge is 0.516 e. The molecule has 2 rings (SSSR count). The van der Waals surface area contributed by atoms with Gasteiger partial charge >= 0.3 is 12.1 Å². The Morgan fingerprint density at radius 2 is 1.79 bits per heavy atom. The highest BCUT2D eigenvalue weighted by Gasteiger charge is 2.20. The van der Waals surface area contributed by atoms with E-state index in [1.54, 1.807) is 24.3 Å². The number of benzene rings is 2. The maximum atomic E-state index is 11.8. The quantitative estimate of drug-likeness (QED) is 0.598. The molecule has 0 aliphatic heterocycles. The van der Waals surface area contributed by atoms with Gasteiger partial charge in [-0.2, -0.15) is 0 Å². The molecule has 0 aliphatic rings. The van der Waals surface area contributed by atoms with Crippen molar-refractivity contribution in [3.8, 4) is 5.75 Å². The third kappa shape index (κ3) is 5.36. The molecule has 0 radical (unpaired) electrons. The Labute approximate surface area is 147 Å². The van der Waals surface area contributed by atoms with E-state index in [-0.39, 0.29) is 18.8 Å². The molecule has 1 atom stereocenters. The molecule has 2 aromatic carbocycles. The Morgan fingerprint density at radius 1 is 1.12 bits per heavy atom. The van der Waals surface area contributed by atoms with Gasteiger partial charge in [0.25, 0.3) is 0 Å². The summed E-state index contributed by atoms with van der Waals surface area (Å²) in [5.41, 5.74) is 7.20. The lowest BCUT2D eigenvalue weighted by Gasteiger charge is -2.11. The smallest absolute Gasteiger partial charge is 0.508 e. The van der Waals surface area contributed by atoms with Crippen molar-refractivity contribution in [2.24, 2.45) is 5.73 Å². The molecule has 0 saturated heterocycles. The van der Waals surface area contributed by atoms with Gasteiger partial charge in [-0.05, 0) is 30.2 Å². The molecule has 0 heterocycles. The number of esters is 1. The zero-order valence-electron chi connectivity index (χ0n) is 12.6. The van der Waals surface area contributed by atoms with Crippen LogP contribution in [0.3, 0.4) is 0 Å². The highest BCUT2D eigenvalue weighted by atomic mass is 79.9. The number of hydrogen-bond acceptors (Lipinski definition) is 6. The topological polar surface area (TPSA) is 98.9 Å². The summed E-state index contributed by atoms with van der Waals surface area (Å²) in [6, 6.07) is 12.4. The monoisotopic (exact) mass is 393 g/mol. The van der Waals surface area contributed by atoms with Crippen LogP contribution in [0.2, 0.25) is 0 Å². The molecule has 0 amide bonds. The summed E-state index contributed by atoms with van der Waals surface area (Å²) in [6.45, 7) is -0.0270. The molecule has 0 bridgehead atoms. The zero-order chi connectivity index (χ0) is 17.5. The second kappa shape index (κ2) is 8.47. The minimum Gasteiger partial charge on any atom is -0.508 e. The average molecular weight is 394 g/mol. The van der Waals surface area contributed by atoms with Gasteiger partial charge in [-0.25, -0.2) is 9.59 Å². The summed E-state index contributed by atoms with van der Waals surface area (Å²) in [6.07, 6.45) is -0.923. The fraction of sp³-hybridized carbons (Fsp3) is 0.176. The number of halogens is 1. The van der Waals surface area contributed by atoms with E-state index in [4.69, 9.17) is 10.5 Å². The lowest BCUT2D eigenvalue weighted by molar-refractivity contribution is -0.141. The first-order valence-corrected chi connectivity index (χ1v) is 7.90. The van der Waals surface area contributed by atoms with Crippen LogP contribution in [0.4, 0.5) is 4.79 Å². The van der Waals surface area contributed by atoms with Crippen LogP contribution in [0, 0.1) is 0 Å². The maximum absolute atomic E-state index is 11.8. The lowest BCUT2D eigenvalue weighted by Crippen LogP contribution is -2.35. The number of phenolic OH excluding ortho intramolecular Hbond substituents is 1. The van der Waals surface area contributed by atoms with Crippen molar-refractivity contribution < 1.29 is 24.2 Å². The first-order valence-electron chi connectivity index (χ1n) is 7.11. The van der Waals surface area contributed by atoms with Crippen molar-refractivity contribution in [2.75, 3.05) is 0 Å². The summed E-state index contributed by atoms with van der Waals surface area (Å²) in [5.74, 6) is -0.759. The Morgan fingerprint density at radius 3 is 2.46 bits per heavy atom. The summed E-state index contributed by atoms with van der Waals surface area (Å²) in [7, 11) is 0. The molecule has 0 unspecified atom stereocenters. The van der Waals surface area contributed by atoms with E-state index in [0.717, 1.165) is 15.6 Å². The molecule has 0 aromatic heterocycles. The highest BCUT2D eigenvalue weighted by Crippen LogP contribution is 2.17. The van der Waals surface area contributed by atoms with E-state index >= 15 is 0 Å². The Kier molecular flexibility index (Phi) is 6.34. The molecule has 126 valence electrons. The lowest BCUT2D eigenvalue weighted by atomic mass is 10.1. The third-order valence-corrected chi connectivity index (χ3v) is 3.96. The molecular weight excluding hydrogens is 378 g/mol. The van der Waals surface area contributed by atoms with Crippen LogP contribution in [0.5, 0.6) is 5.75 Å². The summed E-state index contributed by atoms with van der Waals surface area (Å²) in [4.78, 5) is 23.4. The molecule has 7 heteroatoms. The Bertz CT molecular complexity index is 717. The van der Waals surface area contributed by atoms with Crippen molar-refractivity contribution in [1.82, 2.24) is 0 Å². The SMILES string of the molecule is N[C@@H](Cc1ccc(O)cc1)C(=O)OC(=O)OCc1ccccc1Br. The van der Waals surface area contributed by atoms with E-state index in [0.29, 0.717) is 0 Å². The van der Waals surface area contributed by atoms with E-state index in [2.05, 4.69) is 20.7 Å². The minimum atomic E-state index is -1.10. The first kappa shape index (κ1) is 18.0. The van der Waals surface area contributed by atoms with Gasteiger partial charge < -0.3 is 20.3 Å². The van der Waals surface area contributed by atoms with E-state index in [1.165, 1.54) is 12.1 Å². The minimum absolute atomic E-state index is 0.0270. The number of carbonyl (C=O) groups is 2. The normalized spacial score (nSPS) is 11.6. The molecule has 0 fully saturated rings. The molecule has 2 aromatic rings. The fourth-order valence-electron chi connectivity index (χ4n) is 1.91. The zero-order valence-corrected chi connectivity index (χ0v) is 14.2. The number of aromatic hydroxyl groups is 1. The fourth-order valence-corrected chi connectivity index (χ4v) is 2.31. The van der Waals surface area contributed by atoms with E-state index in [1.807, 2.05) is 12.1 Å². The Hall–Kier alpha value is -2.38. The van der Waals surface area contributed by atoms with Gasteiger partial charge in [0.1, 0.15) is 18.4 Å². The molecule has 3 N–H and O–H groups in total. The van der Waals surface area contributed by atoms with Crippen molar-refractivity contribution >= 4 is 28.1 Å². The molecule has 6 nitrogen and oxygen atoms in total. The van der Waals surface area contributed by atoms with Crippen LogP contribution in [0.25, 0.3) is 0 Å². The van der Waals surface area contributed by atoms with Crippen LogP contribution >= 0.6 is 15.9 Å². The second-order valence-corrected chi connectivity index (χ2v) is 5.88. The van der Waals surface area contributed by atoms with Crippen LogP contribution in [0.15, 0.2) is 53.0 Å². The molecule has 0 aliphatic carbocycles. The van der Waals surface area contributed by atoms with Crippen LogP contribution in [-0.2, 0) is 27.3 Å². The average Bonchev–Trinajstić information content (AvgIpc) is 2.56. The van der Waals surface area contributed by atoms with Crippen molar-refractivity contribution in [3.05, 3.63) is 64.1 Å². The van der Waals surface area contributed by atoms with Gasteiger partial charge in [0.05, 0.1) is 0 Å². The van der Waals surface area contributed by atoms with Gasteiger partial charge in [-0.1, -0.05) is 46.3 Å². The van der Waals surface area contributed by atoms with Crippen molar-refractivity contribution in [2.45, 2.75) is 19.1 Å². The van der Waals surface area contributed by atoms with Crippen molar-refractivity contribution in [1.29, 1.82) is 0 Å². The van der Waals surface area contributed by atoms with Gasteiger partial charge in [0.15, 0.2) is 0 Å². The molecular formula is C17H16BrNO5. The summed E-state index contributed by atoms with van der Waals surface area (Å²) >= 11 is 3.33. The van der Waals surface area contributed by atoms with E-state index in [9.17, 15) is 14.7 Å². The predicted molar refractivity (Wildman–Crippen MR) is 90.2 cm³/mol. The number of rotatable bonds is 5. The molecule has 0 saturated carbocycles. The van der Waals surface area contributed by atoms with Gasteiger partial charge in [-0.15, -0.1) is 0 Å². The summed E-state index contributed by atoms with van der Waals surface area (Å²) < 4.78 is 10.3. The third-order valence-electron chi connectivity index (χ3n) is 3.18. The Balaban J connectivity index is 1.81. The number of hydrogen-bond donors (Lipinski definition) is 2. The van der Waals surface area contributed by atoms with Crippen LogP contribution < -0.4 is 5.73 Å². The van der Waals surface area contributed by atoms with Crippen LogP contribution in [0.1, 0.15) is 11.1 Å². The van der Waals surface area contributed by atoms with Gasteiger partial charge in [0, 0.05) is 10.0 Å². The highest BCUT2D eigenvalue weighted by molar-refractivity contribution is 9.10. The number of nitrogens with two attached hydrogens (primary N) is 1. The standard InChI is InChI=1S/C17H16BrNO5/c18-14-4-2-1-3-12(14)10-23-17(22)24-16(21)15(19)9-11-5-7-13(20)8-6-11/h1-8,15,20H,9-10,19H2/t15-/m0/s1. The molecule has 0 spiro atoms. The second-order valence-electron chi connectivity index (χ2n) is 5.03. The van der Waals surface area contributed by atoms with Crippen molar-refractivity contribution in [3.63, 3.8) is 0 Å². The van der Waals surface area contributed by atoms with E-state index < -0.39 is 18.2 Å². The van der Waals surface area contributed by atoms with Gasteiger partial charge in [0.2, 0.25) is 0 Å². The number of ether oxygens (including phenoxy) is 2. The number of carbonyl (C=O) groups excluding carboxylic acids is 2.